The van der Waals surface area contributed by atoms with Crippen LogP contribution in [0.2, 0.25) is 0 Å². The van der Waals surface area contributed by atoms with Crippen molar-refractivity contribution in [3.63, 3.8) is 0 Å². The summed E-state index contributed by atoms with van der Waals surface area (Å²) in [6, 6.07) is 5.72. The van der Waals surface area contributed by atoms with Crippen LogP contribution in [0.1, 0.15) is 23.7 Å². The van der Waals surface area contributed by atoms with E-state index in [1.807, 2.05) is 0 Å². The standard InChI is InChI=1S/C36H44O24/c37-8-19-24(45)27(48)30(51)34(57-19)55-17-5-12(39)4-16-13(17)6-18(32(54-16)11-1-2-14(40)15(41)3-11)56-36-33(60-35-31(52)28(49)25(46)20(9-38)58-35)29(50)26(47)21(59-36)10-53-23(44)7-22(42)43/h1-6,19-21,24-41,45-52H,7-10H2,(H,42,43)/p+1/t19-,20-,21-,24-,25-,26-,27+,28+,29+,30-,31-,32?,33-,34-,35+,36-/m1/s1. The summed E-state index contributed by atoms with van der Waals surface area (Å²) < 4.78 is 44.3. The number of fused-ring (bicyclic) bond motifs is 1. The third-order valence-electron chi connectivity index (χ3n) is 10.1. The third kappa shape index (κ3) is 9.31. The van der Waals surface area contributed by atoms with Gasteiger partial charge >= 0.3 is 11.9 Å². The predicted octanol–water partition coefficient (Wildman–Crippen LogP) is -5.01. The fraction of sp³-hybridized carbons (Fsp3) is 0.556. The molecule has 2 aromatic carbocycles. The number of aliphatic carboxylic acids is 1. The van der Waals surface area contributed by atoms with Crippen LogP contribution < -0.4 is 4.74 Å². The van der Waals surface area contributed by atoms with Crippen molar-refractivity contribution in [3.8, 4) is 28.7 Å². The second-order valence-corrected chi connectivity index (χ2v) is 14.2. The minimum absolute atomic E-state index is 0.0408. The van der Waals surface area contributed by atoms with E-state index >= 15 is 0 Å². The molecule has 24 heteroatoms. The first-order valence-electron chi connectivity index (χ1n) is 18.2. The molecule has 0 saturated carbocycles. The number of hydrogen-bond acceptors (Lipinski definition) is 22. The summed E-state index contributed by atoms with van der Waals surface area (Å²) in [5.41, 5.74) is 0.0600. The summed E-state index contributed by atoms with van der Waals surface area (Å²) in [4.78, 5) is 23.1. The number of phenolic OH excluding ortho intramolecular Hbond substituents is 3. The number of ether oxygens (including phenoxy) is 8. The van der Waals surface area contributed by atoms with Gasteiger partial charge in [0.2, 0.25) is 12.6 Å². The van der Waals surface area contributed by atoms with Crippen molar-refractivity contribution >= 4 is 18.0 Å². The normalized spacial score (nSPS) is 36.6. The van der Waals surface area contributed by atoms with Gasteiger partial charge in [-0.3, -0.25) is 9.59 Å². The fourth-order valence-electron chi connectivity index (χ4n) is 6.81. The van der Waals surface area contributed by atoms with Crippen molar-refractivity contribution in [1.29, 1.82) is 0 Å². The van der Waals surface area contributed by atoms with Crippen molar-refractivity contribution in [2.24, 2.45) is 0 Å². The van der Waals surface area contributed by atoms with Crippen LogP contribution in [0.25, 0.3) is 6.08 Å². The molecular formula is C36H45O24+. The maximum absolute atomic E-state index is 12.1. The smallest absolute Gasteiger partial charge is 0.317 e. The van der Waals surface area contributed by atoms with Crippen molar-refractivity contribution in [2.45, 2.75) is 105 Å². The number of benzene rings is 2. The molecule has 4 aliphatic heterocycles. The largest absolute Gasteiger partial charge is 0.571 e. The van der Waals surface area contributed by atoms with Crippen molar-refractivity contribution in [3.05, 3.63) is 47.2 Å². The zero-order chi connectivity index (χ0) is 43.7. The number of aliphatic hydroxyl groups is 11. The van der Waals surface area contributed by atoms with Crippen LogP contribution in [-0.2, 0) is 38.0 Å². The number of carbonyl (C=O) groups is 2. The number of esters is 1. The first kappa shape index (κ1) is 44.9. The van der Waals surface area contributed by atoms with E-state index in [9.17, 15) is 76.0 Å². The molecule has 0 aromatic heterocycles. The molecule has 3 saturated heterocycles. The quantitative estimate of drug-likeness (QED) is 0.0388. The van der Waals surface area contributed by atoms with Gasteiger partial charge in [-0.1, -0.05) is 0 Å². The zero-order valence-electron chi connectivity index (χ0n) is 30.9. The molecule has 1 unspecified atom stereocenters. The summed E-state index contributed by atoms with van der Waals surface area (Å²) in [5.74, 6) is -5.04. The first-order chi connectivity index (χ1) is 28.4. The Morgan fingerprint density at radius 2 is 1.27 bits per heavy atom. The monoisotopic (exact) mass is 861 g/mol. The maximum Gasteiger partial charge on any atom is 0.317 e. The molecule has 2 aromatic rings. The van der Waals surface area contributed by atoms with Gasteiger partial charge in [0.25, 0.3) is 11.9 Å². The summed E-state index contributed by atoms with van der Waals surface area (Å²) in [7, 11) is 0. The Balaban J connectivity index is 1.41. The van der Waals surface area contributed by atoms with Crippen LogP contribution in [0.5, 0.6) is 28.7 Å². The van der Waals surface area contributed by atoms with E-state index in [1.165, 1.54) is 18.2 Å². The SMILES string of the molecule is O=C(O)CC(=O)OC[C@H]1O[C@@H](OC2=Cc3c(O[C@@H]4O[C@H](CO)[C@@H](O)[C@H](O)[C@H]4O)cc(O)cc3[OH+]C2c2ccc(O)c(O)c2)[C@H](O[C@@H]2O[C@H](CO)[C@@H](O)[C@H](O)[C@H]2O)[C@@H](O)[C@@H]1O. The Morgan fingerprint density at radius 3 is 1.88 bits per heavy atom. The Hall–Kier alpha value is -4.64. The Labute approximate surface area is 337 Å². The third-order valence-corrected chi connectivity index (χ3v) is 10.1. The van der Waals surface area contributed by atoms with Gasteiger partial charge in [-0.2, -0.15) is 0 Å². The fourth-order valence-corrected chi connectivity index (χ4v) is 6.81. The van der Waals surface area contributed by atoms with Crippen molar-refractivity contribution < 1.29 is 119 Å². The van der Waals surface area contributed by atoms with Gasteiger partial charge in [0, 0.05) is 12.1 Å². The summed E-state index contributed by atoms with van der Waals surface area (Å²) in [6.45, 7) is -2.54. The van der Waals surface area contributed by atoms with Gasteiger partial charge in [-0.25, -0.2) is 0 Å². The van der Waals surface area contributed by atoms with E-state index in [0.717, 1.165) is 18.2 Å². The van der Waals surface area contributed by atoms with Gasteiger partial charge in [0.1, 0.15) is 97.2 Å². The van der Waals surface area contributed by atoms with Crippen LogP contribution in [0, 0.1) is 0 Å². The summed E-state index contributed by atoms with van der Waals surface area (Å²) in [6.07, 6.45) is -28.9. The number of aliphatic hydroxyl groups excluding tert-OH is 10. The highest BCUT2D eigenvalue weighted by atomic mass is 16.8. The van der Waals surface area contributed by atoms with E-state index in [1.54, 1.807) is 0 Å². The average Bonchev–Trinajstić information content (AvgIpc) is 3.20. The lowest BCUT2D eigenvalue weighted by molar-refractivity contribution is -0.364. The lowest BCUT2D eigenvalue weighted by Crippen LogP contribution is -2.64. The summed E-state index contributed by atoms with van der Waals surface area (Å²) >= 11 is 0. The van der Waals surface area contributed by atoms with Crippen molar-refractivity contribution in [2.75, 3.05) is 19.8 Å². The maximum atomic E-state index is 12.1. The molecule has 4 heterocycles. The van der Waals surface area contributed by atoms with Crippen LogP contribution in [0.4, 0.5) is 0 Å². The number of carboxylic acids is 1. The number of carboxylic acid groups (broad SMARTS) is 1. The molecule has 6 rings (SSSR count). The van der Waals surface area contributed by atoms with Crippen LogP contribution in [0.15, 0.2) is 36.1 Å². The molecular weight excluding hydrogens is 816 g/mol. The molecule has 15 N–H and O–H groups in total. The summed E-state index contributed by atoms with van der Waals surface area (Å²) in [5, 5.41) is 145. The highest BCUT2D eigenvalue weighted by Gasteiger charge is 2.53. The van der Waals surface area contributed by atoms with Gasteiger partial charge in [-0.05, 0) is 18.2 Å². The lowest BCUT2D eigenvalue weighted by Gasteiger charge is -2.46. The molecule has 24 nitrogen and oxygen atoms in total. The topological polar surface area (TPSA) is 395 Å². The van der Waals surface area contributed by atoms with Gasteiger partial charge in [0.05, 0.1) is 24.8 Å². The second-order valence-electron chi connectivity index (χ2n) is 14.2. The Kier molecular flexibility index (Phi) is 13.9. The molecule has 0 aliphatic carbocycles. The Morgan fingerprint density at radius 1 is 0.667 bits per heavy atom. The molecule has 0 radical (unpaired) electrons. The molecule has 0 amide bonds. The second kappa shape index (κ2) is 18.5. The lowest BCUT2D eigenvalue weighted by atomic mass is 9.97. The van der Waals surface area contributed by atoms with E-state index in [-0.39, 0.29) is 28.4 Å². The van der Waals surface area contributed by atoms with Crippen molar-refractivity contribution in [1.82, 2.24) is 0 Å². The molecule has 4 aliphatic rings. The molecule has 332 valence electrons. The predicted molar refractivity (Wildman–Crippen MR) is 188 cm³/mol. The molecule has 3 fully saturated rings. The van der Waals surface area contributed by atoms with Crippen LogP contribution in [-0.4, -0.2) is 200 Å². The number of phenols is 3. The number of carbonyl (C=O) groups excluding carboxylic acids is 1. The van der Waals surface area contributed by atoms with Crippen LogP contribution in [0.3, 0.4) is 0 Å². The van der Waals surface area contributed by atoms with E-state index in [0.29, 0.717) is 0 Å². The van der Waals surface area contributed by atoms with Gasteiger partial charge < -0.3 is 109 Å². The average molecular weight is 862 g/mol. The van der Waals surface area contributed by atoms with Gasteiger partial charge in [-0.15, -0.1) is 0 Å². The number of hydrogen-bond donors (Lipinski definition) is 14. The minimum Gasteiger partial charge on any atom is -0.571 e. The Bertz CT molecular complexity index is 1870. The molecule has 0 bridgehead atoms. The van der Waals surface area contributed by atoms with Gasteiger partial charge in [0.15, 0.2) is 29.7 Å². The number of rotatable bonds is 13. The zero-order valence-corrected chi connectivity index (χ0v) is 30.9. The minimum atomic E-state index is -2.11. The molecule has 16 atom stereocenters. The number of aromatic hydroxyl groups is 4. The highest BCUT2D eigenvalue weighted by molar-refractivity contribution is 5.90. The van der Waals surface area contributed by atoms with Crippen LogP contribution >= 0.6 is 0 Å². The van der Waals surface area contributed by atoms with E-state index in [2.05, 4.69) is 4.74 Å². The highest BCUT2D eigenvalue weighted by Crippen LogP contribution is 2.47. The molecule has 60 heavy (non-hydrogen) atoms. The van der Waals surface area contributed by atoms with E-state index < -0.39 is 154 Å². The first-order valence-corrected chi connectivity index (χ1v) is 18.2. The van der Waals surface area contributed by atoms with E-state index in [4.69, 9.17) is 38.3 Å². The molecule has 0 spiro atoms.